The summed E-state index contributed by atoms with van der Waals surface area (Å²) in [6.07, 6.45) is 1.61. The largest absolute Gasteiger partial charge is 0.463 e. The van der Waals surface area contributed by atoms with E-state index in [4.69, 9.17) is 0 Å². The molecule has 0 aliphatic rings. The Morgan fingerprint density at radius 2 is 1.84 bits per heavy atom. The molecule has 0 saturated carbocycles. The van der Waals surface area contributed by atoms with Gasteiger partial charge in [0.25, 0.3) is 0 Å². The van der Waals surface area contributed by atoms with E-state index in [9.17, 15) is 5.02 Å². The zero-order chi connectivity index (χ0) is 13.8. The molecule has 2 aromatic carbocycles. The van der Waals surface area contributed by atoms with Gasteiger partial charge in [0.05, 0.1) is 0 Å². The normalized spacial score (nSPS) is 10.9. The Hall–Kier alpha value is -2.01. The molecule has 0 aliphatic heterocycles. The van der Waals surface area contributed by atoms with Crippen LogP contribution in [0.2, 0.25) is 0 Å². The molecule has 2 aromatic rings. The number of nitrogens with one attached hydrogen (secondary N) is 1. The van der Waals surface area contributed by atoms with Crippen molar-refractivity contribution in [2.75, 3.05) is 19.0 Å². The van der Waals surface area contributed by atoms with Crippen molar-refractivity contribution in [3.8, 4) is 0 Å². The van der Waals surface area contributed by atoms with Gasteiger partial charge in [0.15, 0.2) is 0 Å². The van der Waals surface area contributed by atoms with Gasteiger partial charge in [-0.2, -0.15) is 0 Å². The Morgan fingerprint density at radius 1 is 1.16 bits per heavy atom. The standard InChI is InChI=1S/C14H18BN3O/c1-4-16-17-15(19)13-9-5-8-12-11(13)7-6-10-14(12)18(2)3/h4-10,17,19H,1-3H3/b16-4+. The van der Waals surface area contributed by atoms with Crippen molar-refractivity contribution >= 4 is 35.2 Å². The quantitative estimate of drug-likeness (QED) is 0.490. The van der Waals surface area contributed by atoms with Gasteiger partial charge in [-0.05, 0) is 23.8 Å². The number of fused-ring (bicyclic) bond motifs is 1. The number of hydrogen-bond donors (Lipinski definition) is 2. The molecule has 5 heteroatoms. The third-order valence-electron chi connectivity index (χ3n) is 3.04. The smallest absolute Gasteiger partial charge is 0.428 e. The fraction of sp³-hybridized carbons (Fsp3) is 0.214. The Kier molecular flexibility index (Phi) is 4.07. The third kappa shape index (κ3) is 2.71. The lowest BCUT2D eigenvalue weighted by Crippen LogP contribution is -2.42. The maximum Gasteiger partial charge on any atom is 0.463 e. The number of hydrazone groups is 1. The van der Waals surface area contributed by atoms with Crippen molar-refractivity contribution in [1.29, 1.82) is 0 Å². The molecule has 0 heterocycles. The Morgan fingerprint density at radius 3 is 2.53 bits per heavy atom. The second-order valence-electron chi connectivity index (χ2n) is 4.53. The minimum Gasteiger partial charge on any atom is -0.428 e. The molecule has 2 rings (SSSR count). The molecule has 2 N–H and O–H groups in total. The van der Waals surface area contributed by atoms with E-state index in [1.165, 1.54) is 0 Å². The number of nitrogens with zero attached hydrogens (tertiary/aromatic N) is 2. The molecule has 0 atom stereocenters. The maximum absolute atomic E-state index is 10.1. The summed E-state index contributed by atoms with van der Waals surface area (Å²) in [5, 5.41) is 18.9. The molecule has 0 radical (unpaired) electrons. The summed E-state index contributed by atoms with van der Waals surface area (Å²) < 4.78 is 0. The first-order valence-corrected chi connectivity index (χ1v) is 6.25. The van der Waals surface area contributed by atoms with Crippen LogP contribution in [-0.4, -0.2) is 32.4 Å². The first-order valence-electron chi connectivity index (χ1n) is 6.25. The Balaban J connectivity index is 2.54. The third-order valence-corrected chi connectivity index (χ3v) is 3.04. The summed E-state index contributed by atoms with van der Waals surface area (Å²) in [5.74, 6) is 0. The second-order valence-corrected chi connectivity index (χ2v) is 4.53. The maximum atomic E-state index is 10.1. The lowest BCUT2D eigenvalue weighted by atomic mass is 9.72. The Bertz CT molecular complexity index is 598. The lowest BCUT2D eigenvalue weighted by Gasteiger charge is -2.17. The molecule has 0 spiro atoms. The summed E-state index contributed by atoms with van der Waals surface area (Å²) in [4.78, 5) is 2.07. The van der Waals surface area contributed by atoms with Gasteiger partial charge in [-0.1, -0.05) is 30.3 Å². The molecule has 98 valence electrons. The summed E-state index contributed by atoms with van der Waals surface area (Å²) >= 11 is 0. The van der Waals surface area contributed by atoms with Crippen molar-refractivity contribution in [3.63, 3.8) is 0 Å². The molecule has 0 saturated heterocycles. The van der Waals surface area contributed by atoms with E-state index in [0.29, 0.717) is 0 Å². The van der Waals surface area contributed by atoms with E-state index >= 15 is 0 Å². The van der Waals surface area contributed by atoms with Gasteiger partial charge < -0.3 is 15.3 Å². The first kappa shape index (κ1) is 13.4. The SMILES string of the molecule is C/C=N/NB(O)c1cccc2c(N(C)C)cccc12. The molecule has 0 bridgehead atoms. The molecular weight excluding hydrogens is 237 g/mol. The van der Waals surface area contributed by atoms with Crippen LogP contribution in [0.25, 0.3) is 10.8 Å². The van der Waals surface area contributed by atoms with Crippen LogP contribution >= 0.6 is 0 Å². The lowest BCUT2D eigenvalue weighted by molar-refractivity contribution is 0.567. The molecule has 4 nitrogen and oxygen atoms in total. The van der Waals surface area contributed by atoms with Gasteiger partial charge in [-0.25, -0.2) is 5.10 Å². The van der Waals surface area contributed by atoms with Crippen molar-refractivity contribution in [2.45, 2.75) is 6.92 Å². The number of hydrogen-bond acceptors (Lipinski definition) is 4. The van der Waals surface area contributed by atoms with Crippen molar-refractivity contribution in [1.82, 2.24) is 5.34 Å². The molecule has 0 unspecified atom stereocenters. The van der Waals surface area contributed by atoms with Crippen LogP contribution in [0.1, 0.15) is 6.92 Å². The summed E-state index contributed by atoms with van der Waals surface area (Å²) in [5.41, 5.74) is 1.96. The average Bonchev–Trinajstić information content (AvgIpc) is 2.43. The molecule has 0 aromatic heterocycles. The van der Waals surface area contributed by atoms with Crippen LogP contribution in [0.4, 0.5) is 5.69 Å². The van der Waals surface area contributed by atoms with Gasteiger partial charge in [-0.15, -0.1) is 0 Å². The fourth-order valence-electron chi connectivity index (χ4n) is 2.16. The zero-order valence-electron chi connectivity index (χ0n) is 11.5. The van der Waals surface area contributed by atoms with Gasteiger partial charge in [-0.3, -0.25) is 0 Å². The van der Waals surface area contributed by atoms with Gasteiger partial charge in [0.1, 0.15) is 0 Å². The van der Waals surface area contributed by atoms with E-state index in [-0.39, 0.29) is 0 Å². The molecule has 0 fully saturated rings. The zero-order valence-corrected chi connectivity index (χ0v) is 11.5. The second kappa shape index (κ2) is 5.76. The van der Waals surface area contributed by atoms with Crippen LogP contribution in [-0.2, 0) is 0 Å². The predicted molar refractivity (Wildman–Crippen MR) is 83.2 cm³/mol. The summed E-state index contributed by atoms with van der Waals surface area (Å²) in [7, 11) is 3.21. The molecule has 19 heavy (non-hydrogen) atoms. The fourth-order valence-corrected chi connectivity index (χ4v) is 2.16. The minimum absolute atomic E-state index is 0.808. The summed E-state index contributed by atoms with van der Waals surface area (Å²) in [6, 6.07) is 12.0. The van der Waals surface area contributed by atoms with Crippen LogP contribution in [0.5, 0.6) is 0 Å². The molecule has 0 aliphatic carbocycles. The predicted octanol–water partition coefficient (Wildman–Crippen LogP) is 1.19. The monoisotopic (exact) mass is 255 g/mol. The average molecular weight is 255 g/mol. The van der Waals surface area contributed by atoms with Crippen LogP contribution in [0, 0.1) is 0 Å². The number of anilines is 1. The molecule has 0 amide bonds. The van der Waals surface area contributed by atoms with Gasteiger partial charge in [0.2, 0.25) is 0 Å². The topological polar surface area (TPSA) is 47.9 Å². The van der Waals surface area contributed by atoms with Crippen LogP contribution in [0.15, 0.2) is 41.5 Å². The van der Waals surface area contributed by atoms with E-state index in [1.807, 2.05) is 38.4 Å². The highest BCUT2D eigenvalue weighted by atomic mass is 16.2. The summed E-state index contributed by atoms with van der Waals surface area (Å²) in [6.45, 7) is 1.80. The van der Waals surface area contributed by atoms with E-state index < -0.39 is 7.05 Å². The van der Waals surface area contributed by atoms with Crippen LogP contribution < -0.4 is 15.7 Å². The number of rotatable bonds is 4. The van der Waals surface area contributed by atoms with E-state index in [1.54, 1.807) is 13.1 Å². The highest BCUT2D eigenvalue weighted by Gasteiger charge is 2.17. The molecular formula is C14H18BN3O. The van der Waals surface area contributed by atoms with E-state index in [2.05, 4.69) is 27.5 Å². The van der Waals surface area contributed by atoms with Crippen molar-refractivity contribution < 1.29 is 5.02 Å². The van der Waals surface area contributed by atoms with Crippen molar-refractivity contribution in [2.24, 2.45) is 5.10 Å². The van der Waals surface area contributed by atoms with Crippen LogP contribution in [0.3, 0.4) is 0 Å². The number of benzene rings is 2. The highest BCUT2D eigenvalue weighted by molar-refractivity contribution is 6.66. The van der Waals surface area contributed by atoms with Gasteiger partial charge >= 0.3 is 7.05 Å². The van der Waals surface area contributed by atoms with Gasteiger partial charge in [0, 0.05) is 31.4 Å². The van der Waals surface area contributed by atoms with E-state index in [0.717, 1.165) is 21.9 Å². The highest BCUT2D eigenvalue weighted by Crippen LogP contribution is 2.24. The first-order chi connectivity index (χ1) is 9.15. The van der Waals surface area contributed by atoms with Crippen molar-refractivity contribution in [3.05, 3.63) is 36.4 Å². The Labute approximate surface area is 113 Å². The minimum atomic E-state index is -0.808.